The van der Waals surface area contributed by atoms with Crippen LogP contribution in [0.15, 0.2) is 0 Å². The quantitative estimate of drug-likeness (QED) is 0.267. The third kappa shape index (κ3) is 4.37. The third-order valence-electron chi connectivity index (χ3n) is 0.211. The summed E-state index contributed by atoms with van der Waals surface area (Å²) in [7, 11) is 1.92. The van der Waals surface area contributed by atoms with Crippen molar-refractivity contribution in [1.82, 2.24) is 0 Å². The van der Waals surface area contributed by atoms with Gasteiger partial charge < -0.3 is 4.18 Å². The molecule has 0 spiro atoms. The second-order valence-corrected chi connectivity index (χ2v) is 1.36. The highest BCUT2D eigenvalue weighted by molar-refractivity contribution is 7.75. The van der Waals surface area contributed by atoms with Gasteiger partial charge in [-0.1, -0.05) is 0 Å². The van der Waals surface area contributed by atoms with E-state index in [4.69, 9.17) is 0 Å². The van der Waals surface area contributed by atoms with Crippen LogP contribution in [0.4, 0.5) is 0 Å². The Morgan fingerprint density at radius 3 is 2.20 bits per heavy atom. The molecule has 0 aromatic heterocycles. The molecule has 0 rings (SSSR count). The molecule has 0 bridgehead atoms. The predicted molar refractivity (Wildman–Crippen MR) is 28.1 cm³/mol. The Labute approximate surface area is 38.7 Å². The summed E-state index contributed by atoms with van der Waals surface area (Å²) in [6.07, 6.45) is 0. The minimum Gasteiger partial charge on any atom is -0.325 e. The minimum atomic E-state index is 0.248. The lowest BCUT2D eigenvalue weighted by Gasteiger charge is -1.92. The molecule has 1 unspecified atom stereocenters. The van der Waals surface area contributed by atoms with Crippen molar-refractivity contribution >= 4 is 20.8 Å². The topological polar surface area (TPSA) is 9.23 Å². The fourth-order valence-corrected chi connectivity index (χ4v) is 0. The van der Waals surface area contributed by atoms with Gasteiger partial charge in [0.15, 0.2) is 0 Å². The Hall–Kier alpha value is 0.375. The van der Waals surface area contributed by atoms with Gasteiger partial charge in [-0.15, -0.1) is 0 Å². The molecular formula is C2H7BOS. The number of hydrogen-bond acceptors (Lipinski definition) is 2. The van der Waals surface area contributed by atoms with Crippen molar-refractivity contribution in [1.29, 1.82) is 0 Å². The SMILES string of the molecule is BC(C)OS. The zero-order valence-electron chi connectivity index (χ0n) is 3.43. The fourth-order valence-electron chi connectivity index (χ4n) is 0. The summed E-state index contributed by atoms with van der Waals surface area (Å²) in [5.41, 5.74) is 0. The summed E-state index contributed by atoms with van der Waals surface area (Å²) in [6, 6.07) is 0.248. The first-order valence-corrected chi connectivity index (χ1v) is 1.94. The average molecular weight is 90.0 g/mol. The standard InChI is InChI=1S/C2H7BOS/c1-2(3)4-5/h2,5H,3H2,1H3. The van der Waals surface area contributed by atoms with Crippen LogP contribution < -0.4 is 0 Å². The lowest BCUT2D eigenvalue weighted by molar-refractivity contribution is 0.364. The van der Waals surface area contributed by atoms with Crippen LogP contribution in [0.2, 0.25) is 0 Å². The molecule has 0 aromatic rings. The third-order valence-corrected chi connectivity index (χ3v) is 0.632. The van der Waals surface area contributed by atoms with Gasteiger partial charge in [0.25, 0.3) is 0 Å². The van der Waals surface area contributed by atoms with Crippen molar-refractivity contribution in [2.45, 2.75) is 12.9 Å². The second-order valence-electron chi connectivity index (χ2n) is 1.15. The summed E-state index contributed by atoms with van der Waals surface area (Å²) in [6.45, 7) is 1.92. The molecular weight excluding hydrogens is 82.9 g/mol. The van der Waals surface area contributed by atoms with Gasteiger partial charge in [0.2, 0.25) is 0 Å². The first-order valence-electron chi connectivity index (χ1n) is 1.57. The van der Waals surface area contributed by atoms with Gasteiger partial charge in [0, 0.05) is 6.00 Å². The molecule has 0 aliphatic rings. The van der Waals surface area contributed by atoms with E-state index in [0.717, 1.165) is 0 Å². The van der Waals surface area contributed by atoms with Crippen LogP contribution in [0.1, 0.15) is 6.92 Å². The first-order chi connectivity index (χ1) is 2.27. The van der Waals surface area contributed by atoms with Crippen molar-refractivity contribution in [3.8, 4) is 0 Å². The summed E-state index contributed by atoms with van der Waals surface area (Å²) in [4.78, 5) is 0. The molecule has 0 aromatic carbocycles. The highest BCUT2D eigenvalue weighted by Crippen LogP contribution is 1.82. The maximum Gasteiger partial charge on any atom is 0.140 e. The zero-order valence-corrected chi connectivity index (χ0v) is 4.33. The van der Waals surface area contributed by atoms with Crippen molar-refractivity contribution in [3.63, 3.8) is 0 Å². The number of rotatable bonds is 1. The molecule has 0 heterocycles. The van der Waals surface area contributed by atoms with E-state index in [1.165, 1.54) is 0 Å². The Morgan fingerprint density at radius 1 is 2.00 bits per heavy atom. The largest absolute Gasteiger partial charge is 0.325 e. The van der Waals surface area contributed by atoms with Crippen molar-refractivity contribution in [2.75, 3.05) is 0 Å². The van der Waals surface area contributed by atoms with Gasteiger partial charge in [-0.25, -0.2) is 0 Å². The lowest BCUT2D eigenvalue weighted by atomic mass is 10.0. The van der Waals surface area contributed by atoms with Crippen LogP contribution in [-0.4, -0.2) is 13.8 Å². The summed E-state index contributed by atoms with van der Waals surface area (Å²) in [5, 5.41) is 0. The Morgan fingerprint density at radius 2 is 2.20 bits per heavy atom. The summed E-state index contributed by atoms with van der Waals surface area (Å²) < 4.78 is 4.44. The molecule has 0 saturated carbocycles. The van der Waals surface area contributed by atoms with Gasteiger partial charge in [-0.05, 0) is 19.8 Å². The Bertz CT molecular complexity index is 23.6. The molecule has 0 aliphatic carbocycles. The molecule has 5 heavy (non-hydrogen) atoms. The smallest absolute Gasteiger partial charge is 0.140 e. The van der Waals surface area contributed by atoms with E-state index in [2.05, 4.69) is 17.1 Å². The molecule has 30 valence electrons. The highest BCUT2D eigenvalue weighted by atomic mass is 32.1. The van der Waals surface area contributed by atoms with E-state index in [-0.39, 0.29) is 6.00 Å². The van der Waals surface area contributed by atoms with E-state index in [1.54, 1.807) is 0 Å². The van der Waals surface area contributed by atoms with E-state index >= 15 is 0 Å². The van der Waals surface area contributed by atoms with Gasteiger partial charge in [-0.2, -0.15) is 0 Å². The number of thiol groups is 1. The molecule has 0 aliphatic heterocycles. The van der Waals surface area contributed by atoms with Gasteiger partial charge in [0.1, 0.15) is 7.85 Å². The van der Waals surface area contributed by atoms with Crippen LogP contribution >= 0.6 is 12.9 Å². The maximum atomic E-state index is 4.44. The predicted octanol–water partition coefficient (Wildman–Crippen LogP) is -0.173. The van der Waals surface area contributed by atoms with Crippen molar-refractivity contribution in [2.24, 2.45) is 0 Å². The van der Waals surface area contributed by atoms with E-state index in [1.807, 2.05) is 14.8 Å². The summed E-state index contributed by atoms with van der Waals surface area (Å²) in [5.74, 6) is 0. The van der Waals surface area contributed by atoms with Gasteiger partial charge in [0.05, 0.1) is 0 Å². The molecule has 0 radical (unpaired) electrons. The van der Waals surface area contributed by atoms with Crippen LogP contribution in [-0.2, 0) is 4.18 Å². The molecule has 0 N–H and O–H groups in total. The average Bonchev–Trinajstić information content (AvgIpc) is 1.38. The van der Waals surface area contributed by atoms with Gasteiger partial charge >= 0.3 is 0 Å². The molecule has 0 amide bonds. The summed E-state index contributed by atoms with van der Waals surface area (Å²) >= 11 is 3.52. The normalized spacial score (nSPS) is 14.8. The zero-order chi connectivity index (χ0) is 4.28. The first kappa shape index (κ1) is 5.37. The lowest BCUT2D eigenvalue weighted by Crippen LogP contribution is -1.97. The van der Waals surface area contributed by atoms with Crippen molar-refractivity contribution in [3.05, 3.63) is 0 Å². The van der Waals surface area contributed by atoms with Crippen LogP contribution in [0.5, 0.6) is 0 Å². The fraction of sp³-hybridized carbons (Fsp3) is 1.00. The van der Waals surface area contributed by atoms with Crippen LogP contribution in [0.3, 0.4) is 0 Å². The second kappa shape index (κ2) is 2.60. The van der Waals surface area contributed by atoms with E-state index < -0.39 is 0 Å². The van der Waals surface area contributed by atoms with E-state index in [9.17, 15) is 0 Å². The maximum absolute atomic E-state index is 4.44. The monoisotopic (exact) mass is 90.0 g/mol. The van der Waals surface area contributed by atoms with Crippen LogP contribution in [0.25, 0.3) is 0 Å². The Kier molecular flexibility index (Phi) is 2.80. The van der Waals surface area contributed by atoms with Crippen molar-refractivity contribution < 1.29 is 4.18 Å². The molecule has 0 fully saturated rings. The molecule has 1 nitrogen and oxygen atoms in total. The Balaban J connectivity index is 2.54. The van der Waals surface area contributed by atoms with Gasteiger partial charge in [-0.3, -0.25) is 0 Å². The minimum absolute atomic E-state index is 0.248. The van der Waals surface area contributed by atoms with E-state index in [0.29, 0.717) is 0 Å². The molecule has 1 atom stereocenters. The van der Waals surface area contributed by atoms with Crippen LogP contribution in [0, 0.1) is 0 Å². The highest BCUT2D eigenvalue weighted by Gasteiger charge is 1.81. The molecule has 3 heteroatoms. The molecule has 0 saturated heterocycles. The number of hydrogen-bond donors (Lipinski definition) is 1.